The number of sulfone groups is 1. The first-order chi connectivity index (χ1) is 10.8. The fourth-order valence-corrected chi connectivity index (χ4v) is 3.30. The molecule has 1 aromatic carbocycles. The molecule has 0 aliphatic heterocycles. The highest BCUT2D eigenvalue weighted by Gasteiger charge is 2.30. The van der Waals surface area contributed by atoms with Crippen LogP contribution < -0.4 is 5.32 Å². The lowest BCUT2D eigenvalue weighted by Crippen LogP contribution is -2.41. The molecule has 2 rings (SSSR count). The largest absolute Gasteiger partial charge is 0.480 e. The van der Waals surface area contributed by atoms with E-state index in [9.17, 15) is 18.0 Å². The number of hydrogen-bond acceptors (Lipinski definition) is 4. The molecule has 7 heteroatoms. The van der Waals surface area contributed by atoms with Gasteiger partial charge in [0, 0.05) is 0 Å². The summed E-state index contributed by atoms with van der Waals surface area (Å²) < 4.78 is 23.7. The quantitative estimate of drug-likeness (QED) is 0.745. The Morgan fingerprint density at radius 3 is 2.61 bits per heavy atom. The number of carboxylic acid groups (broad SMARTS) is 1. The fraction of sp³-hybridized carbons (Fsp3) is 0.500. The molecule has 1 aliphatic rings. The third-order valence-electron chi connectivity index (χ3n) is 3.90. The summed E-state index contributed by atoms with van der Waals surface area (Å²) >= 11 is 0. The normalized spacial score (nSPS) is 15.9. The van der Waals surface area contributed by atoms with E-state index in [1.807, 2.05) is 0 Å². The first kappa shape index (κ1) is 17.5. The molecule has 1 amide bonds. The Kier molecular flexibility index (Phi) is 5.41. The van der Waals surface area contributed by atoms with Gasteiger partial charge in [-0.3, -0.25) is 4.79 Å². The molecule has 0 saturated heterocycles. The van der Waals surface area contributed by atoms with Gasteiger partial charge in [0.1, 0.15) is 6.04 Å². The molecule has 0 spiro atoms. The smallest absolute Gasteiger partial charge is 0.326 e. The second kappa shape index (κ2) is 7.12. The van der Waals surface area contributed by atoms with Crippen molar-refractivity contribution >= 4 is 21.7 Å². The molecule has 1 atom stereocenters. The van der Waals surface area contributed by atoms with Gasteiger partial charge in [-0.1, -0.05) is 31.9 Å². The highest BCUT2D eigenvalue weighted by molar-refractivity contribution is 7.91. The summed E-state index contributed by atoms with van der Waals surface area (Å²) in [6, 6.07) is 5.33. The Bertz CT molecular complexity index is 694. The summed E-state index contributed by atoms with van der Waals surface area (Å²) in [6.07, 6.45) is 2.43. The molecule has 1 fully saturated rings. The van der Waals surface area contributed by atoms with Gasteiger partial charge in [0.2, 0.25) is 5.91 Å². The first-order valence-corrected chi connectivity index (χ1v) is 9.31. The van der Waals surface area contributed by atoms with Crippen molar-refractivity contribution in [2.45, 2.75) is 43.5 Å². The Labute approximate surface area is 135 Å². The van der Waals surface area contributed by atoms with E-state index in [-0.39, 0.29) is 17.1 Å². The number of rotatable bonds is 8. The molecule has 0 heterocycles. The van der Waals surface area contributed by atoms with Crippen molar-refractivity contribution in [3.05, 3.63) is 29.8 Å². The molecule has 1 unspecified atom stereocenters. The lowest BCUT2D eigenvalue weighted by Gasteiger charge is -2.14. The molecule has 1 aliphatic carbocycles. The van der Waals surface area contributed by atoms with Gasteiger partial charge in [-0.05, 0) is 30.0 Å². The summed E-state index contributed by atoms with van der Waals surface area (Å²) in [5.74, 6) is -1.07. The minimum absolute atomic E-state index is 0.00880. The number of carbonyl (C=O) groups excluding carboxylic acids is 1. The summed E-state index contributed by atoms with van der Waals surface area (Å²) in [7, 11) is -3.33. The topological polar surface area (TPSA) is 101 Å². The third kappa shape index (κ3) is 5.06. The molecule has 1 saturated carbocycles. The number of carbonyl (C=O) groups is 2. The molecular weight excluding hydrogens is 318 g/mol. The lowest BCUT2D eigenvalue weighted by atomic mass is 10.1. The van der Waals surface area contributed by atoms with Gasteiger partial charge in [0.25, 0.3) is 0 Å². The molecule has 1 aromatic rings. The van der Waals surface area contributed by atoms with E-state index in [1.54, 1.807) is 19.1 Å². The molecular formula is C16H21NO5S. The highest BCUT2D eigenvalue weighted by Crippen LogP contribution is 2.33. The number of amides is 1. The van der Waals surface area contributed by atoms with Crippen LogP contribution in [0, 0.1) is 5.92 Å². The number of benzene rings is 1. The van der Waals surface area contributed by atoms with Crippen LogP contribution in [-0.4, -0.2) is 37.2 Å². The number of carboxylic acids is 1. The fourth-order valence-electron chi connectivity index (χ4n) is 2.35. The minimum atomic E-state index is -3.33. The van der Waals surface area contributed by atoms with Crippen LogP contribution in [0.2, 0.25) is 0 Å². The third-order valence-corrected chi connectivity index (χ3v) is 5.63. The number of aliphatic carboxylic acids is 1. The average Bonchev–Trinajstić information content (AvgIpc) is 3.30. The molecule has 0 radical (unpaired) electrons. The van der Waals surface area contributed by atoms with Gasteiger partial charge in [0.15, 0.2) is 9.84 Å². The van der Waals surface area contributed by atoms with E-state index in [0.717, 1.165) is 12.8 Å². The first-order valence-electron chi connectivity index (χ1n) is 7.65. The van der Waals surface area contributed by atoms with Crippen LogP contribution in [0.25, 0.3) is 0 Å². The van der Waals surface area contributed by atoms with E-state index in [2.05, 4.69) is 5.32 Å². The zero-order valence-corrected chi connectivity index (χ0v) is 13.8. The van der Waals surface area contributed by atoms with Gasteiger partial charge >= 0.3 is 5.97 Å². The summed E-state index contributed by atoms with van der Waals surface area (Å²) in [5.41, 5.74) is 0.549. The molecule has 2 N–H and O–H groups in total. The van der Waals surface area contributed by atoms with Crippen LogP contribution in [0.15, 0.2) is 29.2 Å². The molecule has 126 valence electrons. The maximum atomic E-state index is 12.0. The van der Waals surface area contributed by atoms with Crippen molar-refractivity contribution in [2.24, 2.45) is 5.92 Å². The van der Waals surface area contributed by atoms with E-state index < -0.39 is 27.8 Å². The second-order valence-corrected chi connectivity index (χ2v) is 8.14. The van der Waals surface area contributed by atoms with Crippen molar-refractivity contribution < 1.29 is 23.1 Å². The van der Waals surface area contributed by atoms with Crippen molar-refractivity contribution in [3.63, 3.8) is 0 Å². The standard InChI is InChI=1S/C16H21NO5S/c1-2-23(21,22)13-5-3-4-12(8-13)10-15(18)17-14(16(19)20)9-11-6-7-11/h3-5,8,11,14H,2,6-7,9-10H2,1H3,(H,17,18)(H,19,20). The van der Waals surface area contributed by atoms with E-state index in [0.29, 0.717) is 17.9 Å². The van der Waals surface area contributed by atoms with E-state index >= 15 is 0 Å². The van der Waals surface area contributed by atoms with Crippen LogP contribution in [-0.2, 0) is 25.8 Å². The summed E-state index contributed by atoms with van der Waals surface area (Å²) in [4.78, 5) is 23.4. The zero-order valence-electron chi connectivity index (χ0n) is 13.0. The van der Waals surface area contributed by atoms with E-state index in [1.165, 1.54) is 12.1 Å². The van der Waals surface area contributed by atoms with Gasteiger partial charge in [0.05, 0.1) is 17.1 Å². The van der Waals surface area contributed by atoms with Crippen LogP contribution in [0.1, 0.15) is 31.7 Å². The SMILES string of the molecule is CCS(=O)(=O)c1cccc(CC(=O)NC(CC2CC2)C(=O)O)c1. The maximum Gasteiger partial charge on any atom is 0.326 e. The molecule has 0 bridgehead atoms. The molecule has 6 nitrogen and oxygen atoms in total. The minimum Gasteiger partial charge on any atom is -0.480 e. The molecule has 0 aromatic heterocycles. The Balaban J connectivity index is 2.01. The maximum absolute atomic E-state index is 12.0. The van der Waals surface area contributed by atoms with Crippen LogP contribution in [0.3, 0.4) is 0 Å². The highest BCUT2D eigenvalue weighted by atomic mass is 32.2. The predicted molar refractivity (Wildman–Crippen MR) is 84.8 cm³/mol. The monoisotopic (exact) mass is 339 g/mol. The van der Waals surface area contributed by atoms with Crippen molar-refractivity contribution in [2.75, 3.05) is 5.75 Å². The Morgan fingerprint density at radius 1 is 1.35 bits per heavy atom. The second-order valence-electron chi connectivity index (χ2n) is 5.87. The van der Waals surface area contributed by atoms with Crippen molar-refractivity contribution in [3.8, 4) is 0 Å². The number of hydrogen-bond donors (Lipinski definition) is 2. The summed E-state index contributed by atoms with van der Waals surface area (Å²) in [5, 5.41) is 11.7. The van der Waals surface area contributed by atoms with Crippen molar-refractivity contribution in [1.82, 2.24) is 5.32 Å². The summed E-state index contributed by atoms with van der Waals surface area (Å²) in [6.45, 7) is 1.56. The molecule has 23 heavy (non-hydrogen) atoms. The average molecular weight is 339 g/mol. The Morgan fingerprint density at radius 2 is 2.04 bits per heavy atom. The Hall–Kier alpha value is -1.89. The van der Waals surface area contributed by atoms with Crippen LogP contribution in [0.5, 0.6) is 0 Å². The van der Waals surface area contributed by atoms with Crippen molar-refractivity contribution in [1.29, 1.82) is 0 Å². The van der Waals surface area contributed by atoms with Gasteiger partial charge in [-0.2, -0.15) is 0 Å². The van der Waals surface area contributed by atoms with Crippen LogP contribution in [0.4, 0.5) is 0 Å². The predicted octanol–water partition coefficient (Wildman–Crippen LogP) is 1.39. The van der Waals surface area contributed by atoms with Crippen LogP contribution >= 0.6 is 0 Å². The zero-order chi connectivity index (χ0) is 17.0. The van der Waals surface area contributed by atoms with Gasteiger partial charge < -0.3 is 10.4 Å². The van der Waals surface area contributed by atoms with Gasteiger partial charge in [-0.25, -0.2) is 13.2 Å². The lowest BCUT2D eigenvalue weighted by molar-refractivity contribution is -0.142. The van der Waals surface area contributed by atoms with E-state index in [4.69, 9.17) is 5.11 Å². The van der Waals surface area contributed by atoms with Gasteiger partial charge in [-0.15, -0.1) is 0 Å². The number of nitrogens with one attached hydrogen (secondary N) is 1.